The predicted octanol–water partition coefficient (Wildman–Crippen LogP) is 2.00. The normalized spacial score (nSPS) is 10.6. The number of carbonyl (C=O) groups excluding carboxylic acids is 1. The van der Waals surface area contributed by atoms with Crippen LogP contribution in [0.15, 0.2) is 35.7 Å². The number of nitrogens with zero attached hydrogens (tertiary/aromatic N) is 3. The van der Waals surface area contributed by atoms with Gasteiger partial charge in [0.25, 0.3) is 0 Å². The van der Waals surface area contributed by atoms with Crippen LogP contribution in [-0.4, -0.2) is 41.6 Å². The molecule has 0 aliphatic heterocycles. The molecule has 1 heterocycles. The monoisotopic (exact) mass is 307 g/mol. The van der Waals surface area contributed by atoms with Crippen LogP contribution in [0, 0.1) is 0 Å². The summed E-state index contributed by atoms with van der Waals surface area (Å²) >= 11 is 1.59. The summed E-state index contributed by atoms with van der Waals surface area (Å²) in [6.45, 7) is 1.35. The summed E-state index contributed by atoms with van der Waals surface area (Å²) in [5.41, 5.74) is 1.66. The Balaban J connectivity index is 1.94. The minimum atomic E-state index is -0.325. The summed E-state index contributed by atoms with van der Waals surface area (Å²) < 4.78 is 11.7. The van der Waals surface area contributed by atoms with E-state index in [0.717, 1.165) is 23.0 Å². The Bertz CT molecular complexity index is 583. The smallest absolute Gasteiger partial charge is 0.337 e. The molecule has 0 N–H and O–H groups in total. The van der Waals surface area contributed by atoms with Gasteiger partial charge in [-0.1, -0.05) is 23.9 Å². The molecular weight excluding hydrogens is 290 g/mol. The standard InChI is InChI=1S/C14H17N3O3S/c1-19-8-7-17-10-15-16-14(17)21-9-11-3-5-12(6-4-11)13(18)20-2/h3-6,10H,7-9H2,1-2H3. The van der Waals surface area contributed by atoms with E-state index in [4.69, 9.17) is 4.74 Å². The van der Waals surface area contributed by atoms with Crippen molar-refractivity contribution in [3.05, 3.63) is 41.7 Å². The Labute approximate surface area is 127 Å². The predicted molar refractivity (Wildman–Crippen MR) is 79.2 cm³/mol. The fourth-order valence-electron chi connectivity index (χ4n) is 1.70. The SMILES string of the molecule is COCCn1cnnc1SCc1ccc(C(=O)OC)cc1. The molecule has 0 aliphatic carbocycles. The quantitative estimate of drug-likeness (QED) is 0.576. The van der Waals surface area contributed by atoms with Crippen LogP contribution < -0.4 is 0 Å². The highest BCUT2D eigenvalue weighted by Crippen LogP contribution is 2.20. The first-order valence-corrected chi connectivity index (χ1v) is 7.40. The van der Waals surface area contributed by atoms with E-state index in [9.17, 15) is 4.79 Å². The lowest BCUT2D eigenvalue weighted by Gasteiger charge is -2.06. The number of aromatic nitrogens is 3. The molecule has 0 spiro atoms. The zero-order valence-corrected chi connectivity index (χ0v) is 12.8. The Morgan fingerprint density at radius 1 is 1.29 bits per heavy atom. The lowest BCUT2D eigenvalue weighted by molar-refractivity contribution is 0.0600. The molecule has 2 rings (SSSR count). The van der Waals surface area contributed by atoms with Crippen molar-refractivity contribution in [2.75, 3.05) is 20.8 Å². The maximum Gasteiger partial charge on any atom is 0.337 e. The van der Waals surface area contributed by atoms with Crippen molar-refractivity contribution in [2.45, 2.75) is 17.5 Å². The van der Waals surface area contributed by atoms with E-state index in [1.807, 2.05) is 16.7 Å². The molecular formula is C14H17N3O3S. The van der Waals surface area contributed by atoms with Crippen molar-refractivity contribution < 1.29 is 14.3 Å². The number of thioether (sulfide) groups is 1. The lowest BCUT2D eigenvalue weighted by atomic mass is 10.1. The highest BCUT2D eigenvalue weighted by Gasteiger charge is 2.07. The van der Waals surface area contributed by atoms with Gasteiger partial charge >= 0.3 is 5.97 Å². The van der Waals surface area contributed by atoms with Crippen molar-refractivity contribution in [2.24, 2.45) is 0 Å². The molecule has 0 fully saturated rings. The lowest BCUT2D eigenvalue weighted by Crippen LogP contribution is -2.04. The van der Waals surface area contributed by atoms with Gasteiger partial charge < -0.3 is 14.0 Å². The topological polar surface area (TPSA) is 66.2 Å². The number of methoxy groups -OCH3 is 2. The van der Waals surface area contributed by atoms with Crippen LogP contribution in [0.2, 0.25) is 0 Å². The Kier molecular flexibility index (Phi) is 5.77. The van der Waals surface area contributed by atoms with Gasteiger partial charge in [-0.2, -0.15) is 0 Å². The van der Waals surface area contributed by atoms with Crippen LogP contribution in [0.3, 0.4) is 0 Å². The van der Waals surface area contributed by atoms with Gasteiger partial charge in [-0.25, -0.2) is 4.79 Å². The van der Waals surface area contributed by atoms with Gasteiger partial charge in [-0.05, 0) is 17.7 Å². The van der Waals surface area contributed by atoms with Crippen LogP contribution in [0.4, 0.5) is 0 Å². The Morgan fingerprint density at radius 2 is 2.05 bits per heavy atom. The van der Waals surface area contributed by atoms with Crippen molar-refractivity contribution >= 4 is 17.7 Å². The largest absolute Gasteiger partial charge is 0.465 e. The van der Waals surface area contributed by atoms with Crippen molar-refractivity contribution in [1.82, 2.24) is 14.8 Å². The maximum absolute atomic E-state index is 11.4. The number of hydrogen-bond donors (Lipinski definition) is 0. The minimum Gasteiger partial charge on any atom is -0.465 e. The molecule has 0 bridgehead atoms. The number of ether oxygens (including phenoxy) is 2. The summed E-state index contributed by atoms with van der Waals surface area (Å²) in [6, 6.07) is 7.35. The molecule has 0 saturated heterocycles. The first kappa shape index (κ1) is 15.5. The van der Waals surface area contributed by atoms with Gasteiger partial charge in [-0.15, -0.1) is 10.2 Å². The van der Waals surface area contributed by atoms with E-state index in [-0.39, 0.29) is 5.97 Å². The molecule has 0 saturated carbocycles. The fourth-order valence-corrected chi connectivity index (χ4v) is 2.60. The number of esters is 1. The Morgan fingerprint density at radius 3 is 2.71 bits per heavy atom. The molecule has 0 radical (unpaired) electrons. The third kappa shape index (κ3) is 4.30. The average molecular weight is 307 g/mol. The third-order valence-corrected chi connectivity index (χ3v) is 3.91. The van der Waals surface area contributed by atoms with E-state index in [0.29, 0.717) is 12.2 Å². The third-order valence-electron chi connectivity index (χ3n) is 2.86. The second-order valence-corrected chi connectivity index (χ2v) is 5.22. The minimum absolute atomic E-state index is 0.325. The maximum atomic E-state index is 11.4. The van der Waals surface area contributed by atoms with E-state index in [1.54, 1.807) is 37.3 Å². The molecule has 112 valence electrons. The van der Waals surface area contributed by atoms with Crippen LogP contribution in [0.5, 0.6) is 0 Å². The summed E-state index contributed by atoms with van der Waals surface area (Å²) in [7, 11) is 3.04. The van der Waals surface area contributed by atoms with Gasteiger partial charge in [0.2, 0.25) is 0 Å². The molecule has 7 heteroatoms. The molecule has 1 aromatic heterocycles. The van der Waals surface area contributed by atoms with E-state index in [2.05, 4.69) is 14.9 Å². The summed E-state index contributed by atoms with van der Waals surface area (Å²) in [4.78, 5) is 11.4. The molecule has 0 amide bonds. The number of hydrogen-bond acceptors (Lipinski definition) is 6. The summed E-state index contributed by atoms with van der Waals surface area (Å²) in [5, 5.41) is 8.85. The molecule has 0 atom stereocenters. The second kappa shape index (κ2) is 7.80. The second-order valence-electron chi connectivity index (χ2n) is 4.28. The van der Waals surface area contributed by atoms with Crippen LogP contribution in [0.1, 0.15) is 15.9 Å². The van der Waals surface area contributed by atoms with Crippen LogP contribution >= 0.6 is 11.8 Å². The summed E-state index contributed by atoms with van der Waals surface area (Å²) in [5.74, 6) is 0.432. The van der Waals surface area contributed by atoms with Crippen molar-refractivity contribution in [3.63, 3.8) is 0 Å². The molecule has 21 heavy (non-hydrogen) atoms. The van der Waals surface area contributed by atoms with Crippen LogP contribution in [-0.2, 0) is 21.8 Å². The first-order valence-electron chi connectivity index (χ1n) is 6.41. The highest BCUT2D eigenvalue weighted by molar-refractivity contribution is 7.98. The molecule has 1 aromatic carbocycles. The Hall–Kier alpha value is -1.86. The highest BCUT2D eigenvalue weighted by atomic mass is 32.2. The van der Waals surface area contributed by atoms with Crippen molar-refractivity contribution in [1.29, 1.82) is 0 Å². The van der Waals surface area contributed by atoms with Crippen LogP contribution in [0.25, 0.3) is 0 Å². The molecule has 2 aromatic rings. The zero-order valence-electron chi connectivity index (χ0n) is 12.0. The van der Waals surface area contributed by atoms with E-state index >= 15 is 0 Å². The number of carbonyl (C=O) groups is 1. The van der Waals surface area contributed by atoms with E-state index in [1.165, 1.54) is 7.11 Å². The van der Waals surface area contributed by atoms with E-state index < -0.39 is 0 Å². The zero-order chi connectivity index (χ0) is 15.1. The fraction of sp³-hybridized carbons (Fsp3) is 0.357. The number of benzene rings is 1. The van der Waals surface area contributed by atoms with Gasteiger partial charge in [-0.3, -0.25) is 0 Å². The van der Waals surface area contributed by atoms with Crippen molar-refractivity contribution in [3.8, 4) is 0 Å². The van der Waals surface area contributed by atoms with Gasteiger partial charge in [0.05, 0.1) is 19.3 Å². The van der Waals surface area contributed by atoms with Gasteiger partial charge in [0.15, 0.2) is 5.16 Å². The van der Waals surface area contributed by atoms with Gasteiger partial charge in [0.1, 0.15) is 6.33 Å². The summed E-state index contributed by atoms with van der Waals surface area (Å²) in [6.07, 6.45) is 1.70. The van der Waals surface area contributed by atoms with Gasteiger partial charge in [0, 0.05) is 19.4 Å². The molecule has 6 nitrogen and oxygen atoms in total. The number of rotatable bonds is 7. The molecule has 0 aliphatic rings. The molecule has 0 unspecified atom stereocenters. The average Bonchev–Trinajstić information content (AvgIpc) is 2.98. The first-order chi connectivity index (χ1) is 10.2.